The highest BCUT2D eigenvalue weighted by Gasteiger charge is 2.24. The van der Waals surface area contributed by atoms with Crippen LogP contribution in [0.25, 0.3) is 6.08 Å². The topological polar surface area (TPSA) is 47.9 Å². The zero-order valence-corrected chi connectivity index (χ0v) is 13.3. The minimum Gasteiger partial charge on any atom is -0.496 e. The molecule has 0 fully saturated rings. The molecule has 0 N–H and O–H groups in total. The number of hydrogen-bond acceptors (Lipinski definition) is 4. The van der Waals surface area contributed by atoms with Gasteiger partial charge in [0.25, 0.3) is 0 Å². The first-order valence-corrected chi connectivity index (χ1v) is 7.31. The highest BCUT2D eigenvalue weighted by atomic mass is 16.6. The van der Waals surface area contributed by atoms with E-state index < -0.39 is 5.97 Å². The van der Waals surface area contributed by atoms with E-state index in [1.54, 1.807) is 13.2 Å². The van der Waals surface area contributed by atoms with Gasteiger partial charge >= 0.3 is 5.97 Å². The lowest BCUT2D eigenvalue weighted by Gasteiger charge is -2.05. The normalized spacial score (nSPS) is 15.5. The number of carbonyl (C=O) groups excluding carboxylic acids is 1. The molecular formula is C19H17NO3. The van der Waals surface area contributed by atoms with Gasteiger partial charge in [-0.05, 0) is 44.2 Å². The summed E-state index contributed by atoms with van der Waals surface area (Å²) in [6, 6.07) is 13.5. The van der Waals surface area contributed by atoms with Crippen LogP contribution < -0.4 is 4.74 Å². The SMILES string of the molecule is COc1ccc(C)cc1C=C1N=C(c2cccc(C)c2)OC1=O. The van der Waals surface area contributed by atoms with Crippen molar-refractivity contribution in [2.24, 2.45) is 4.99 Å². The predicted molar refractivity (Wildman–Crippen MR) is 89.5 cm³/mol. The van der Waals surface area contributed by atoms with Crippen molar-refractivity contribution in [3.05, 3.63) is 70.4 Å². The molecule has 4 heteroatoms. The highest BCUT2D eigenvalue weighted by Crippen LogP contribution is 2.25. The Hall–Kier alpha value is -2.88. The van der Waals surface area contributed by atoms with Crippen molar-refractivity contribution in [2.75, 3.05) is 7.11 Å². The standard InChI is InChI=1S/C19H17NO3/c1-12-5-4-6-14(9-12)18-20-16(19(21)23-18)11-15-10-13(2)7-8-17(15)22-3/h4-11H,1-3H3. The first-order chi connectivity index (χ1) is 11.1. The van der Waals surface area contributed by atoms with Gasteiger partial charge in [-0.2, -0.15) is 0 Å². The molecule has 0 saturated carbocycles. The number of esters is 1. The van der Waals surface area contributed by atoms with Crippen LogP contribution in [0.4, 0.5) is 0 Å². The van der Waals surface area contributed by atoms with Crippen LogP contribution in [-0.4, -0.2) is 19.0 Å². The summed E-state index contributed by atoms with van der Waals surface area (Å²) < 4.78 is 10.6. The van der Waals surface area contributed by atoms with Crippen LogP contribution in [0.3, 0.4) is 0 Å². The van der Waals surface area contributed by atoms with Crippen LogP contribution in [0.2, 0.25) is 0 Å². The summed E-state index contributed by atoms with van der Waals surface area (Å²) in [5.74, 6) is 0.566. The average Bonchev–Trinajstić information content (AvgIpc) is 2.89. The number of methoxy groups -OCH3 is 1. The highest BCUT2D eigenvalue weighted by molar-refractivity contribution is 6.13. The third kappa shape index (κ3) is 3.16. The summed E-state index contributed by atoms with van der Waals surface area (Å²) in [5, 5.41) is 0. The molecule has 2 aromatic rings. The van der Waals surface area contributed by atoms with E-state index in [1.165, 1.54) is 0 Å². The predicted octanol–water partition coefficient (Wildman–Crippen LogP) is 3.66. The molecule has 1 aliphatic rings. The van der Waals surface area contributed by atoms with Crippen molar-refractivity contribution in [2.45, 2.75) is 13.8 Å². The van der Waals surface area contributed by atoms with Crippen LogP contribution in [-0.2, 0) is 9.53 Å². The molecule has 0 aliphatic carbocycles. The molecule has 0 saturated heterocycles. The fraction of sp³-hybridized carbons (Fsp3) is 0.158. The van der Waals surface area contributed by atoms with Gasteiger partial charge in [0, 0.05) is 11.1 Å². The maximum atomic E-state index is 12.1. The Balaban J connectivity index is 2.00. The van der Waals surface area contributed by atoms with E-state index in [2.05, 4.69) is 4.99 Å². The van der Waals surface area contributed by atoms with Crippen molar-refractivity contribution in [1.29, 1.82) is 0 Å². The van der Waals surface area contributed by atoms with Crippen LogP contribution in [0.15, 0.2) is 53.2 Å². The zero-order valence-electron chi connectivity index (χ0n) is 13.3. The van der Waals surface area contributed by atoms with E-state index in [0.29, 0.717) is 11.6 Å². The molecular weight excluding hydrogens is 290 g/mol. The maximum absolute atomic E-state index is 12.1. The number of benzene rings is 2. The Labute approximate surface area is 135 Å². The van der Waals surface area contributed by atoms with E-state index >= 15 is 0 Å². The van der Waals surface area contributed by atoms with Gasteiger partial charge in [0.2, 0.25) is 5.90 Å². The molecule has 4 nitrogen and oxygen atoms in total. The summed E-state index contributed by atoms with van der Waals surface area (Å²) in [4.78, 5) is 16.4. The summed E-state index contributed by atoms with van der Waals surface area (Å²) in [6.07, 6.45) is 1.69. The number of cyclic esters (lactones) is 1. The Morgan fingerprint density at radius 1 is 1.09 bits per heavy atom. The molecule has 0 bridgehead atoms. The van der Waals surface area contributed by atoms with Gasteiger partial charge in [-0.3, -0.25) is 0 Å². The van der Waals surface area contributed by atoms with Gasteiger partial charge in [0.1, 0.15) is 5.75 Å². The van der Waals surface area contributed by atoms with Gasteiger partial charge in [0.05, 0.1) is 7.11 Å². The van der Waals surface area contributed by atoms with Crippen molar-refractivity contribution in [3.63, 3.8) is 0 Å². The zero-order chi connectivity index (χ0) is 16.4. The third-order valence-corrected chi connectivity index (χ3v) is 3.56. The second-order valence-electron chi connectivity index (χ2n) is 5.45. The second kappa shape index (κ2) is 6.08. The third-order valence-electron chi connectivity index (χ3n) is 3.56. The molecule has 0 aromatic heterocycles. The number of aryl methyl sites for hydroxylation is 2. The number of ether oxygens (including phenoxy) is 2. The largest absolute Gasteiger partial charge is 0.496 e. The van der Waals surface area contributed by atoms with Crippen molar-refractivity contribution >= 4 is 17.9 Å². The van der Waals surface area contributed by atoms with E-state index in [4.69, 9.17) is 9.47 Å². The minimum absolute atomic E-state index is 0.269. The molecule has 1 heterocycles. The fourth-order valence-electron chi connectivity index (χ4n) is 2.42. The molecule has 1 aliphatic heterocycles. The summed E-state index contributed by atoms with van der Waals surface area (Å²) in [5.41, 5.74) is 4.02. The van der Waals surface area contributed by atoms with Crippen LogP contribution in [0.5, 0.6) is 5.75 Å². The number of nitrogens with zero attached hydrogens (tertiary/aromatic N) is 1. The fourth-order valence-corrected chi connectivity index (χ4v) is 2.42. The number of rotatable bonds is 3. The monoisotopic (exact) mass is 307 g/mol. The molecule has 0 spiro atoms. The Kier molecular flexibility index (Phi) is 3.98. The summed E-state index contributed by atoms with van der Waals surface area (Å²) in [6.45, 7) is 3.96. The van der Waals surface area contributed by atoms with Gasteiger partial charge in [-0.15, -0.1) is 0 Å². The van der Waals surface area contributed by atoms with Crippen molar-refractivity contribution in [1.82, 2.24) is 0 Å². The Bertz CT molecular complexity index is 834. The first-order valence-electron chi connectivity index (χ1n) is 7.31. The van der Waals surface area contributed by atoms with Gasteiger partial charge < -0.3 is 9.47 Å². The molecule has 0 radical (unpaired) electrons. The molecule has 2 aromatic carbocycles. The molecule has 0 amide bonds. The first kappa shape index (κ1) is 15.0. The minimum atomic E-state index is -0.454. The quantitative estimate of drug-likeness (QED) is 0.642. The second-order valence-corrected chi connectivity index (χ2v) is 5.45. The molecule has 23 heavy (non-hydrogen) atoms. The summed E-state index contributed by atoms with van der Waals surface area (Å²) >= 11 is 0. The van der Waals surface area contributed by atoms with Gasteiger partial charge in [-0.1, -0.05) is 29.3 Å². The molecule has 0 atom stereocenters. The lowest BCUT2D eigenvalue weighted by molar-refractivity contribution is -0.129. The van der Waals surface area contributed by atoms with Crippen molar-refractivity contribution < 1.29 is 14.3 Å². The molecule has 3 rings (SSSR count). The van der Waals surface area contributed by atoms with Gasteiger partial charge in [0.15, 0.2) is 5.70 Å². The molecule has 0 unspecified atom stereocenters. The summed E-state index contributed by atoms with van der Waals surface area (Å²) in [7, 11) is 1.60. The van der Waals surface area contributed by atoms with Gasteiger partial charge in [-0.25, -0.2) is 9.79 Å². The lowest BCUT2D eigenvalue weighted by atomic mass is 10.1. The van der Waals surface area contributed by atoms with E-state index in [-0.39, 0.29) is 5.70 Å². The molecule has 116 valence electrons. The maximum Gasteiger partial charge on any atom is 0.363 e. The smallest absolute Gasteiger partial charge is 0.363 e. The van der Waals surface area contributed by atoms with E-state index in [0.717, 1.165) is 22.3 Å². The van der Waals surface area contributed by atoms with Crippen molar-refractivity contribution in [3.8, 4) is 5.75 Å². The number of carbonyl (C=O) groups is 1. The van der Waals surface area contributed by atoms with E-state index in [1.807, 2.05) is 56.3 Å². The van der Waals surface area contributed by atoms with Crippen LogP contribution in [0, 0.1) is 13.8 Å². The van der Waals surface area contributed by atoms with Crippen LogP contribution >= 0.6 is 0 Å². The van der Waals surface area contributed by atoms with E-state index in [9.17, 15) is 4.79 Å². The number of aliphatic imine (C=N–C) groups is 1. The number of hydrogen-bond donors (Lipinski definition) is 0. The lowest BCUT2D eigenvalue weighted by Crippen LogP contribution is -2.05. The Morgan fingerprint density at radius 2 is 1.87 bits per heavy atom. The average molecular weight is 307 g/mol. The van der Waals surface area contributed by atoms with Crippen LogP contribution in [0.1, 0.15) is 22.3 Å². The Morgan fingerprint density at radius 3 is 2.61 bits per heavy atom.